The van der Waals surface area contributed by atoms with Gasteiger partial charge in [0.15, 0.2) is 0 Å². The number of aliphatic hydroxyl groups is 2. The van der Waals surface area contributed by atoms with E-state index in [-0.39, 0.29) is 12.7 Å². The summed E-state index contributed by atoms with van der Waals surface area (Å²) in [5, 5.41) is 23.0. The van der Waals surface area contributed by atoms with Crippen LogP contribution in [-0.4, -0.2) is 59.5 Å². The quantitative estimate of drug-likeness (QED) is 0.670. The molecule has 3 N–H and O–H groups in total. The molecule has 4 nitrogen and oxygen atoms in total. The molecule has 21 heavy (non-hydrogen) atoms. The van der Waals surface area contributed by atoms with Crippen molar-refractivity contribution < 1.29 is 10.2 Å². The van der Waals surface area contributed by atoms with E-state index in [0.29, 0.717) is 18.0 Å². The molecule has 2 aliphatic rings. The summed E-state index contributed by atoms with van der Waals surface area (Å²) < 4.78 is 0. The predicted molar refractivity (Wildman–Crippen MR) is 86.3 cm³/mol. The second-order valence-corrected chi connectivity index (χ2v) is 7.08. The number of aliphatic hydroxyl groups excluding tert-OH is 2. The lowest BCUT2D eigenvalue weighted by Gasteiger charge is -2.40. The monoisotopic (exact) mass is 298 g/mol. The topological polar surface area (TPSA) is 55.7 Å². The third-order valence-electron chi connectivity index (χ3n) is 5.18. The summed E-state index contributed by atoms with van der Waals surface area (Å²) in [5.74, 6) is 0.557. The zero-order valence-corrected chi connectivity index (χ0v) is 13.6. The normalized spacial score (nSPS) is 30.4. The molecule has 0 amide bonds. The van der Waals surface area contributed by atoms with Crippen molar-refractivity contribution in [2.75, 3.05) is 26.2 Å². The van der Waals surface area contributed by atoms with E-state index < -0.39 is 0 Å². The molecule has 1 aliphatic carbocycles. The Labute approximate surface area is 129 Å². The third kappa shape index (κ3) is 5.85. The smallest absolute Gasteiger partial charge is 0.0558 e. The van der Waals surface area contributed by atoms with Crippen LogP contribution in [0.15, 0.2) is 0 Å². The van der Waals surface area contributed by atoms with Crippen molar-refractivity contribution in [2.24, 2.45) is 5.92 Å². The lowest BCUT2D eigenvalue weighted by molar-refractivity contribution is 0.0708. The zero-order chi connectivity index (χ0) is 15.1. The predicted octanol–water partition coefficient (Wildman–Crippen LogP) is 1.75. The highest BCUT2D eigenvalue weighted by Gasteiger charge is 2.29. The Morgan fingerprint density at radius 3 is 2.57 bits per heavy atom. The van der Waals surface area contributed by atoms with Crippen LogP contribution >= 0.6 is 0 Å². The van der Waals surface area contributed by atoms with Crippen LogP contribution in [0.1, 0.15) is 58.3 Å². The minimum absolute atomic E-state index is 0.167. The van der Waals surface area contributed by atoms with Gasteiger partial charge in [0.2, 0.25) is 0 Å². The van der Waals surface area contributed by atoms with Crippen molar-refractivity contribution in [1.82, 2.24) is 10.2 Å². The maximum Gasteiger partial charge on any atom is 0.0558 e. The van der Waals surface area contributed by atoms with E-state index in [2.05, 4.69) is 17.1 Å². The highest BCUT2D eigenvalue weighted by Crippen LogP contribution is 2.25. The fraction of sp³-hybridized carbons (Fsp3) is 1.00. The van der Waals surface area contributed by atoms with Crippen LogP contribution < -0.4 is 5.32 Å². The molecule has 0 aromatic rings. The van der Waals surface area contributed by atoms with Gasteiger partial charge in [-0.15, -0.1) is 0 Å². The summed E-state index contributed by atoms with van der Waals surface area (Å²) in [6, 6.07) is 1.22. The lowest BCUT2D eigenvalue weighted by Crippen LogP contribution is -2.53. The van der Waals surface area contributed by atoms with Gasteiger partial charge < -0.3 is 15.5 Å². The van der Waals surface area contributed by atoms with Crippen LogP contribution in [0.3, 0.4) is 0 Å². The van der Waals surface area contributed by atoms with Gasteiger partial charge in [0, 0.05) is 31.7 Å². The summed E-state index contributed by atoms with van der Waals surface area (Å²) in [4.78, 5) is 2.37. The molecule has 0 radical (unpaired) electrons. The number of likely N-dealkylation sites (tertiary alicyclic amines) is 1. The molecule has 1 aliphatic heterocycles. The van der Waals surface area contributed by atoms with Crippen LogP contribution in [0.5, 0.6) is 0 Å². The SMILES string of the molecule is CCC(O)CC1CC(NC2CCCCC2)CN(CCO)C1. The molecule has 1 heterocycles. The second-order valence-electron chi connectivity index (χ2n) is 7.08. The summed E-state index contributed by atoms with van der Waals surface area (Å²) in [5.41, 5.74) is 0. The van der Waals surface area contributed by atoms with E-state index in [1.807, 2.05) is 0 Å². The number of nitrogens with zero attached hydrogens (tertiary/aromatic N) is 1. The Morgan fingerprint density at radius 2 is 1.90 bits per heavy atom. The molecule has 0 spiro atoms. The standard InChI is InChI=1S/C17H34N2O2/c1-2-17(21)11-14-10-16(13-19(12-14)8-9-20)18-15-6-4-3-5-7-15/h14-18,20-21H,2-13H2,1H3. The van der Waals surface area contributed by atoms with Crippen LogP contribution in [0.4, 0.5) is 0 Å². The molecule has 1 saturated carbocycles. The molecule has 2 rings (SSSR count). The van der Waals surface area contributed by atoms with Gasteiger partial charge in [-0.3, -0.25) is 4.90 Å². The van der Waals surface area contributed by atoms with Crippen molar-refractivity contribution >= 4 is 0 Å². The Morgan fingerprint density at radius 1 is 1.14 bits per heavy atom. The molecule has 1 saturated heterocycles. The van der Waals surface area contributed by atoms with Gasteiger partial charge in [0.25, 0.3) is 0 Å². The first-order valence-electron chi connectivity index (χ1n) is 8.98. The minimum atomic E-state index is -0.167. The number of rotatable bonds is 7. The van der Waals surface area contributed by atoms with Gasteiger partial charge in [0.05, 0.1) is 12.7 Å². The number of hydrogen-bond acceptors (Lipinski definition) is 4. The van der Waals surface area contributed by atoms with E-state index in [0.717, 1.165) is 32.5 Å². The van der Waals surface area contributed by atoms with Crippen LogP contribution in [0.2, 0.25) is 0 Å². The molecule has 3 unspecified atom stereocenters. The zero-order valence-electron chi connectivity index (χ0n) is 13.6. The van der Waals surface area contributed by atoms with Gasteiger partial charge in [-0.2, -0.15) is 0 Å². The molecule has 3 atom stereocenters. The highest BCUT2D eigenvalue weighted by molar-refractivity contribution is 4.87. The number of piperidine rings is 1. The molecule has 0 aromatic carbocycles. The summed E-state index contributed by atoms with van der Waals surface area (Å²) >= 11 is 0. The maximum atomic E-state index is 9.95. The largest absolute Gasteiger partial charge is 0.395 e. The lowest BCUT2D eigenvalue weighted by atomic mass is 9.87. The Hall–Kier alpha value is -0.160. The van der Waals surface area contributed by atoms with Crippen LogP contribution in [-0.2, 0) is 0 Å². The average molecular weight is 298 g/mol. The summed E-state index contributed by atoms with van der Waals surface area (Å²) in [6.07, 6.45) is 9.52. The second kappa shape index (κ2) is 9.09. The molecule has 124 valence electrons. The maximum absolute atomic E-state index is 9.95. The van der Waals surface area contributed by atoms with Gasteiger partial charge in [-0.1, -0.05) is 26.2 Å². The fourth-order valence-corrected chi connectivity index (χ4v) is 4.07. The molecular formula is C17H34N2O2. The van der Waals surface area contributed by atoms with E-state index in [4.69, 9.17) is 0 Å². The number of β-amino-alcohol motifs (C(OH)–C–C–N with tert-alkyl or cyclic N) is 1. The fourth-order valence-electron chi connectivity index (χ4n) is 4.07. The minimum Gasteiger partial charge on any atom is -0.395 e. The van der Waals surface area contributed by atoms with E-state index in [9.17, 15) is 10.2 Å². The van der Waals surface area contributed by atoms with Gasteiger partial charge in [0.1, 0.15) is 0 Å². The van der Waals surface area contributed by atoms with Gasteiger partial charge >= 0.3 is 0 Å². The first-order valence-corrected chi connectivity index (χ1v) is 8.98. The Kier molecular flexibility index (Phi) is 7.44. The molecule has 4 heteroatoms. The van der Waals surface area contributed by atoms with Crippen molar-refractivity contribution in [1.29, 1.82) is 0 Å². The van der Waals surface area contributed by atoms with Crippen LogP contribution in [0.25, 0.3) is 0 Å². The van der Waals surface area contributed by atoms with Gasteiger partial charge in [-0.25, -0.2) is 0 Å². The molecule has 0 aromatic heterocycles. The summed E-state index contributed by atoms with van der Waals surface area (Å²) in [6.45, 7) is 5.13. The number of hydrogen-bond donors (Lipinski definition) is 3. The summed E-state index contributed by atoms with van der Waals surface area (Å²) in [7, 11) is 0. The average Bonchev–Trinajstić information content (AvgIpc) is 2.48. The van der Waals surface area contributed by atoms with Crippen molar-refractivity contribution in [3.05, 3.63) is 0 Å². The third-order valence-corrected chi connectivity index (χ3v) is 5.18. The van der Waals surface area contributed by atoms with Crippen molar-refractivity contribution in [3.8, 4) is 0 Å². The van der Waals surface area contributed by atoms with Crippen LogP contribution in [0, 0.1) is 5.92 Å². The van der Waals surface area contributed by atoms with E-state index in [1.54, 1.807) is 0 Å². The molecule has 0 bridgehead atoms. The van der Waals surface area contributed by atoms with Crippen molar-refractivity contribution in [2.45, 2.75) is 76.5 Å². The highest BCUT2D eigenvalue weighted by atomic mass is 16.3. The van der Waals surface area contributed by atoms with Gasteiger partial charge in [-0.05, 0) is 38.0 Å². The molecular weight excluding hydrogens is 264 g/mol. The first kappa shape index (κ1) is 17.2. The van der Waals surface area contributed by atoms with E-state index >= 15 is 0 Å². The van der Waals surface area contributed by atoms with E-state index in [1.165, 1.54) is 38.5 Å². The molecule has 2 fully saturated rings. The Bertz CT molecular complexity index is 282. The first-order chi connectivity index (χ1) is 10.2. The van der Waals surface area contributed by atoms with Crippen molar-refractivity contribution in [3.63, 3.8) is 0 Å². The number of nitrogens with one attached hydrogen (secondary N) is 1. The Balaban J connectivity index is 1.85.